The SMILES string of the molecule is O=C(O)COc1c(Cl)cc(/C=C2/C(=O)NN(c3ccccc3)C2=O)cc1[N+](=O)[O-]. The summed E-state index contributed by atoms with van der Waals surface area (Å²) in [6.07, 6.45) is 1.15. The number of nitrogens with zero attached hydrogens (tertiary/aromatic N) is 2. The third-order valence-corrected chi connectivity index (χ3v) is 4.08. The summed E-state index contributed by atoms with van der Waals surface area (Å²) in [6, 6.07) is 10.6. The van der Waals surface area contributed by atoms with Gasteiger partial charge < -0.3 is 9.84 Å². The van der Waals surface area contributed by atoms with E-state index in [2.05, 4.69) is 5.43 Å². The second-order valence-corrected chi connectivity index (χ2v) is 6.17. The van der Waals surface area contributed by atoms with Gasteiger partial charge in [-0.3, -0.25) is 25.1 Å². The van der Waals surface area contributed by atoms with Gasteiger partial charge in [-0.25, -0.2) is 9.80 Å². The minimum Gasteiger partial charge on any atom is -0.479 e. The number of hydrogen-bond donors (Lipinski definition) is 2. The molecule has 1 aliphatic rings. The van der Waals surface area contributed by atoms with E-state index in [1.165, 1.54) is 6.07 Å². The Kier molecular flexibility index (Phi) is 5.46. The maximum Gasteiger partial charge on any atom is 0.341 e. The predicted molar refractivity (Wildman–Crippen MR) is 101 cm³/mol. The number of nitro groups is 1. The molecule has 0 unspecified atom stereocenters. The first-order valence-electron chi connectivity index (χ1n) is 8.02. The van der Waals surface area contributed by atoms with Gasteiger partial charge in [0.15, 0.2) is 6.61 Å². The van der Waals surface area contributed by atoms with Crippen LogP contribution in [0.3, 0.4) is 0 Å². The Bertz CT molecular complexity index is 1050. The van der Waals surface area contributed by atoms with E-state index in [1.807, 2.05) is 0 Å². The first kappa shape index (κ1) is 19.8. The zero-order valence-electron chi connectivity index (χ0n) is 14.5. The van der Waals surface area contributed by atoms with Crippen molar-refractivity contribution in [1.29, 1.82) is 0 Å². The van der Waals surface area contributed by atoms with Gasteiger partial charge in [-0.05, 0) is 29.8 Å². The lowest BCUT2D eigenvalue weighted by molar-refractivity contribution is -0.385. The van der Waals surface area contributed by atoms with Gasteiger partial charge in [-0.1, -0.05) is 29.8 Å². The molecule has 1 aliphatic heterocycles. The highest BCUT2D eigenvalue weighted by Gasteiger charge is 2.34. The number of para-hydroxylation sites is 1. The standard InChI is InChI=1S/C18H12ClN3O7/c19-13-7-10(8-14(22(27)28)16(13)29-9-15(23)24)6-12-17(25)20-21(18(12)26)11-4-2-1-3-5-11/h1-8H,9H2,(H,20,25)(H,23,24)/b12-6-. The summed E-state index contributed by atoms with van der Waals surface area (Å²) in [5.41, 5.74) is 2.09. The molecule has 0 aromatic heterocycles. The minimum absolute atomic E-state index is 0.0952. The van der Waals surface area contributed by atoms with Gasteiger partial charge >= 0.3 is 11.7 Å². The number of hydrazine groups is 1. The summed E-state index contributed by atoms with van der Waals surface area (Å²) in [7, 11) is 0. The van der Waals surface area contributed by atoms with Gasteiger partial charge in [0.1, 0.15) is 5.57 Å². The number of nitro benzene ring substituents is 1. The van der Waals surface area contributed by atoms with E-state index in [0.29, 0.717) is 5.69 Å². The summed E-state index contributed by atoms with van der Waals surface area (Å²) < 4.78 is 4.88. The molecular weight excluding hydrogens is 406 g/mol. The fourth-order valence-electron chi connectivity index (χ4n) is 2.58. The molecule has 3 rings (SSSR count). The highest BCUT2D eigenvalue weighted by Crippen LogP contribution is 2.37. The molecule has 29 heavy (non-hydrogen) atoms. The first-order valence-corrected chi connectivity index (χ1v) is 8.40. The van der Waals surface area contributed by atoms with Gasteiger partial charge in [0.25, 0.3) is 11.8 Å². The Morgan fingerprint density at radius 3 is 2.59 bits per heavy atom. The minimum atomic E-state index is -1.34. The van der Waals surface area contributed by atoms with Crippen LogP contribution in [0.25, 0.3) is 6.08 Å². The van der Waals surface area contributed by atoms with Crippen LogP contribution in [-0.2, 0) is 14.4 Å². The number of ether oxygens (including phenoxy) is 1. The molecule has 0 aliphatic carbocycles. The molecule has 1 fully saturated rings. The van der Waals surface area contributed by atoms with Crippen molar-refractivity contribution in [2.24, 2.45) is 0 Å². The van der Waals surface area contributed by atoms with Gasteiger partial charge in [0.05, 0.1) is 15.6 Å². The molecule has 0 radical (unpaired) electrons. The van der Waals surface area contributed by atoms with Crippen molar-refractivity contribution in [2.75, 3.05) is 11.6 Å². The first-order chi connectivity index (χ1) is 13.8. The molecule has 148 valence electrons. The van der Waals surface area contributed by atoms with Crippen molar-refractivity contribution < 1.29 is 29.2 Å². The summed E-state index contributed by atoms with van der Waals surface area (Å²) in [5, 5.41) is 20.8. The van der Waals surface area contributed by atoms with Gasteiger partial charge in [-0.2, -0.15) is 0 Å². The maximum atomic E-state index is 12.6. The van der Waals surface area contributed by atoms with E-state index in [1.54, 1.807) is 30.3 Å². The van der Waals surface area contributed by atoms with E-state index < -0.39 is 40.8 Å². The molecule has 0 saturated carbocycles. The number of aliphatic carboxylic acids is 1. The molecular formula is C18H12ClN3O7. The molecule has 2 aromatic carbocycles. The average Bonchev–Trinajstić information content (AvgIpc) is 2.95. The Morgan fingerprint density at radius 2 is 1.97 bits per heavy atom. The largest absolute Gasteiger partial charge is 0.479 e. The zero-order chi connectivity index (χ0) is 21.1. The predicted octanol–water partition coefficient (Wildman–Crippen LogP) is 2.17. The van der Waals surface area contributed by atoms with Crippen LogP contribution in [0, 0.1) is 10.1 Å². The third kappa shape index (κ3) is 4.17. The third-order valence-electron chi connectivity index (χ3n) is 3.80. The highest BCUT2D eigenvalue weighted by atomic mass is 35.5. The Labute approximate surface area is 168 Å². The van der Waals surface area contributed by atoms with Crippen LogP contribution in [-0.4, -0.2) is 34.4 Å². The Balaban J connectivity index is 1.97. The number of rotatable bonds is 6. The van der Waals surface area contributed by atoms with Crippen LogP contribution in [0.2, 0.25) is 5.02 Å². The van der Waals surface area contributed by atoms with Crippen LogP contribution in [0.15, 0.2) is 48.0 Å². The molecule has 11 heteroatoms. The Hall–Kier alpha value is -3.92. The normalized spacial score (nSPS) is 14.8. The molecule has 2 N–H and O–H groups in total. The van der Waals surface area contributed by atoms with E-state index in [-0.39, 0.29) is 16.2 Å². The summed E-state index contributed by atoms with van der Waals surface area (Å²) in [6.45, 7) is -0.825. The molecule has 1 saturated heterocycles. The molecule has 0 bridgehead atoms. The van der Waals surface area contributed by atoms with E-state index in [0.717, 1.165) is 17.2 Å². The number of carbonyl (C=O) groups excluding carboxylic acids is 2. The summed E-state index contributed by atoms with van der Waals surface area (Å²) in [4.78, 5) is 46.0. The fraction of sp³-hybridized carbons (Fsp3) is 0.0556. The second kappa shape index (κ2) is 7.98. The van der Waals surface area contributed by atoms with Crippen molar-refractivity contribution in [1.82, 2.24) is 5.43 Å². The highest BCUT2D eigenvalue weighted by molar-refractivity contribution is 6.33. The molecule has 2 aromatic rings. The number of anilines is 1. The van der Waals surface area contributed by atoms with Crippen molar-refractivity contribution in [3.8, 4) is 5.75 Å². The number of carboxylic acid groups (broad SMARTS) is 1. The van der Waals surface area contributed by atoms with Gasteiger partial charge in [-0.15, -0.1) is 0 Å². The number of halogens is 1. The van der Waals surface area contributed by atoms with Crippen molar-refractivity contribution in [2.45, 2.75) is 0 Å². The number of carbonyl (C=O) groups is 3. The van der Waals surface area contributed by atoms with Gasteiger partial charge in [0.2, 0.25) is 5.75 Å². The quantitative estimate of drug-likeness (QED) is 0.317. The van der Waals surface area contributed by atoms with Crippen LogP contribution in [0.5, 0.6) is 5.75 Å². The maximum absolute atomic E-state index is 12.6. The lowest BCUT2D eigenvalue weighted by Crippen LogP contribution is -2.35. The number of benzene rings is 2. The van der Waals surface area contributed by atoms with Gasteiger partial charge in [0, 0.05) is 6.07 Å². The van der Waals surface area contributed by atoms with Crippen molar-refractivity contribution >= 4 is 46.8 Å². The molecule has 10 nitrogen and oxygen atoms in total. The van der Waals surface area contributed by atoms with E-state index in [4.69, 9.17) is 21.4 Å². The Morgan fingerprint density at radius 1 is 1.28 bits per heavy atom. The molecule has 0 atom stereocenters. The van der Waals surface area contributed by atoms with E-state index >= 15 is 0 Å². The average molecular weight is 418 g/mol. The van der Waals surface area contributed by atoms with Crippen molar-refractivity contribution in [3.05, 3.63) is 68.7 Å². The molecule has 0 spiro atoms. The summed E-state index contributed by atoms with van der Waals surface area (Å²) >= 11 is 6.00. The number of amides is 2. The van der Waals surface area contributed by atoms with Crippen molar-refractivity contribution in [3.63, 3.8) is 0 Å². The number of hydrogen-bond acceptors (Lipinski definition) is 6. The molecule has 2 amide bonds. The molecule has 1 heterocycles. The lowest BCUT2D eigenvalue weighted by Gasteiger charge is -2.13. The second-order valence-electron chi connectivity index (χ2n) is 5.77. The number of nitrogens with one attached hydrogen (secondary N) is 1. The monoisotopic (exact) mass is 417 g/mol. The van der Waals surface area contributed by atoms with E-state index in [9.17, 15) is 24.5 Å². The lowest BCUT2D eigenvalue weighted by atomic mass is 10.1. The zero-order valence-corrected chi connectivity index (χ0v) is 15.3. The van der Waals surface area contributed by atoms with Crippen LogP contribution in [0.1, 0.15) is 5.56 Å². The number of carboxylic acids is 1. The summed E-state index contributed by atoms with van der Waals surface area (Å²) in [5.74, 6) is -3.10. The van der Waals surface area contributed by atoms with Crippen LogP contribution >= 0.6 is 11.6 Å². The fourth-order valence-corrected chi connectivity index (χ4v) is 2.86. The van der Waals surface area contributed by atoms with Crippen LogP contribution in [0.4, 0.5) is 11.4 Å². The smallest absolute Gasteiger partial charge is 0.341 e. The topological polar surface area (TPSA) is 139 Å². The van der Waals surface area contributed by atoms with Crippen LogP contribution < -0.4 is 15.2 Å².